The lowest BCUT2D eigenvalue weighted by Crippen LogP contribution is -2.40. The molecule has 0 spiro atoms. The molecule has 0 saturated heterocycles. The molecule has 0 heterocycles. The number of rotatable bonds is 10. The summed E-state index contributed by atoms with van der Waals surface area (Å²) in [6.45, 7) is 0. The summed E-state index contributed by atoms with van der Waals surface area (Å²) in [4.78, 5) is 13.5. The number of hydrogen-bond acceptors (Lipinski definition) is 3. The number of methoxy groups -OCH3 is 1. The molecular formula is C28H29NO2. The maximum atomic E-state index is 13.5. The number of esters is 1. The van der Waals surface area contributed by atoms with Crippen molar-refractivity contribution in [2.45, 2.75) is 43.4 Å². The Labute approximate surface area is 185 Å². The highest BCUT2D eigenvalue weighted by atomic mass is 16.5. The monoisotopic (exact) mass is 411 g/mol. The lowest BCUT2D eigenvalue weighted by molar-refractivity contribution is -0.146. The van der Waals surface area contributed by atoms with Crippen molar-refractivity contribution in [1.82, 2.24) is 0 Å². The van der Waals surface area contributed by atoms with Gasteiger partial charge in [0.2, 0.25) is 0 Å². The molecule has 31 heavy (non-hydrogen) atoms. The SMILES string of the molecule is COC(=O)C(CC(CCCCC#N)c1ccccc1)(c1ccccc1)c1ccccc1. The van der Waals surface area contributed by atoms with Crippen LogP contribution in [-0.4, -0.2) is 13.1 Å². The zero-order valence-electron chi connectivity index (χ0n) is 18.0. The maximum Gasteiger partial charge on any atom is 0.320 e. The van der Waals surface area contributed by atoms with Gasteiger partial charge < -0.3 is 4.74 Å². The quantitative estimate of drug-likeness (QED) is 0.286. The zero-order valence-corrected chi connectivity index (χ0v) is 18.0. The van der Waals surface area contributed by atoms with E-state index in [2.05, 4.69) is 18.2 Å². The number of ether oxygens (including phenoxy) is 1. The first kappa shape index (κ1) is 22.3. The molecule has 0 aromatic heterocycles. The third kappa shape index (κ3) is 5.22. The Morgan fingerprint density at radius 2 is 1.39 bits per heavy atom. The van der Waals surface area contributed by atoms with E-state index < -0.39 is 5.41 Å². The van der Waals surface area contributed by atoms with Gasteiger partial charge in [-0.1, -0.05) is 97.4 Å². The van der Waals surface area contributed by atoms with Gasteiger partial charge in [0, 0.05) is 6.42 Å². The molecule has 1 unspecified atom stereocenters. The van der Waals surface area contributed by atoms with Gasteiger partial charge in [-0.25, -0.2) is 0 Å². The van der Waals surface area contributed by atoms with Crippen LogP contribution in [0.5, 0.6) is 0 Å². The molecule has 0 N–H and O–H groups in total. The van der Waals surface area contributed by atoms with Crippen molar-refractivity contribution < 1.29 is 9.53 Å². The van der Waals surface area contributed by atoms with Crippen molar-refractivity contribution in [3.05, 3.63) is 108 Å². The molecule has 158 valence electrons. The lowest BCUT2D eigenvalue weighted by Gasteiger charge is -2.36. The highest BCUT2D eigenvalue weighted by molar-refractivity contribution is 5.87. The van der Waals surface area contributed by atoms with E-state index in [4.69, 9.17) is 10.00 Å². The predicted molar refractivity (Wildman–Crippen MR) is 124 cm³/mol. The molecular weight excluding hydrogens is 382 g/mol. The second-order valence-corrected chi connectivity index (χ2v) is 7.84. The Morgan fingerprint density at radius 3 is 1.87 bits per heavy atom. The fourth-order valence-corrected chi connectivity index (χ4v) is 4.42. The standard InChI is InChI=1S/C28H29NO2/c1-31-27(30)28(25-17-9-3-10-18-25,26-19-11-4-12-20-26)22-24(16-8-5-13-21-29)23-14-6-2-7-15-23/h2-4,6-7,9-12,14-15,17-20,24H,5,8,13,16,22H2,1H3. The molecule has 3 heteroatoms. The maximum absolute atomic E-state index is 13.5. The molecule has 0 aliphatic heterocycles. The summed E-state index contributed by atoms with van der Waals surface area (Å²) < 4.78 is 5.42. The van der Waals surface area contributed by atoms with E-state index >= 15 is 0 Å². The Morgan fingerprint density at radius 1 is 0.871 bits per heavy atom. The van der Waals surface area contributed by atoms with Crippen molar-refractivity contribution in [2.75, 3.05) is 7.11 Å². The van der Waals surface area contributed by atoms with E-state index in [1.54, 1.807) is 0 Å². The predicted octanol–water partition coefficient (Wildman–Crippen LogP) is 6.40. The third-order valence-electron chi connectivity index (χ3n) is 5.98. The molecule has 3 rings (SSSR count). The first-order valence-corrected chi connectivity index (χ1v) is 10.8. The molecule has 0 aliphatic carbocycles. The van der Waals surface area contributed by atoms with E-state index in [1.807, 2.05) is 78.9 Å². The minimum Gasteiger partial charge on any atom is -0.468 e. The fraction of sp³-hybridized carbons (Fsp3) is 0.286. The number of nitrogens with zero attached hydrogens (tertiary/aromatic N) is 1. The van der Waals surface area contributed by atoms with E-state index in [1.165, 1.54) is 12.7 Å². The second kappa shape index (κ2) is 11.1. The first-order chi connectivity index (χ1) is 15.2. The van der Waals surface area contributed by atoms with Crippen LogP contribution in [0.15, 0.2) is 91.0 Å². The van der Waals surface area contributed by atoms with Gasteiger partial charge in [-0.15, -0.1) is 0 Å². The van der Waals surface area contributed by atoms with Crippen LogP contribution in [0, 0.1) is 11.3 Å². The molecule has 3 aromatic rings. The third-order valence-corrected chi connectivity index (χ3v) is 5.98. The largest absolute Gasteiger partial charge is 0.468 e. The molecule has 0 radical (unpaired) electrons. The zero-order chi connectivity index (χ0) is 21.9. The number of nitriles is 1. The van der Waals surface area contributed by atoms with Crippen molar-refractivity contribution >= 4 is 5.97 Å². The van der Waals surface area contributed by atoms with Gasteiger partial charge >= 0.3 is 5.97 Å². The fourth-order valence-electron chi connectivity index (χ4n) is 4.42. The smallest absolute Gasteiger partial charge is 0.320 e. The molecule has 3 nitrogen and oxygen atoms in total. The molecule has 3 aromatic carbocycles. The Hall–Kier alpha value is -3.38. The van der Waals surface area contributed by atoms with Crippen LogP contribution in [0.4, 0.5) is 0 Å². The second-order valence-electron chi connectivity index (χ2n) is 7.84. The summed E-state index contributed by atoms with van der Waals surface area (Å²) >= 11 is 0. The topological polar surface area (TPSA) is 50.1 Å². The van der Waals surface area contributed by atoms with Crippen LogP contribution in [0.3, 0.4) is 0 Å². The molecule has 0 aliphatic rings. The van der Waals surface area contributed by atoms with Gasteiger partial charge in [-0.3, -0.25) is 4.79 Å². The molecule has 0 fully saturated rings. The minimum atomic E-state index is -0.910. The van der Waals surface area contributed by atoms with Crippen LogP contribution in [0.1, 0.15) is 54.7 Å². The minimum absolute atomic E-state index is 0.152. The van der Waals surface area contributed by atoms with Crippen molar-refractivity contribution in [3.63, 3.8) is 0 Å². The van der Waals surface area contributed by atoms with Gasteiger partial charge in [0.1, 0.15) is 5.41 Å². The van der Waals surface area contributed by atoms with Crippen molar-refractivity contribution in [1.29, 1.82) is 5.26 Å². The van der Waals surface area contributed by atoms with E-state index in [0.717, 1.165) is 30.4 Å². The van der Waals surface area contributed by atoms with E-state index in [-0.39, 0.29) is 11.9 Å². The van der Waals surface area contributed by atoms with Crippen molar-refractivity contribution in [3.8, 4) is 6.07 Å². The van der Waals surface area contributed by atoms with Crippen LogP contribution < -0.4 is 0 Å². The molecule has 0 saturated carbocycles. The van der Waals surface area contributed by atoms with Gasteiger partial charge in [0.25, 0.3) is 0 Å². The Kier molecular flexibility index (Phi) is 8.01. The summed E-state index contributed by atoms with van der Waals surface area (Å²) in [5.74, 6) is -0.0951. The summed E-state index contributed by atoms with van der Waals surface area (Å²) in [7, 11) is 1.47. The molecule has 0 amide bonds. The first-order valence-electron chi connectivity index (χ1n) is 10.8. The van der Waals surface area contributed by atoms with Crippen LogP contribution in [0.2, 0.25) is 0 Å². The highest BCUT2D eigenvalue weighted by Gasteiger charge is 2.45. The van der Waals surface area contributed by atoms with Crippen molar-refractivity contribution in [2.24, 2.45) is 0 Å². The van der Waals surface area contributed by atoms with Crippen LogP contribution in [0.25, 0.3) is 0 Å². The average molecular weight is 412 g/mol. The highest BCUT2D eigenvalue weighted by Crippen LogP contribution is 2.43. The number of benzene rings is 3. The van der Waals surface area contributed by atoms with Crippen LogP contribution in [-0.2, 0) is 14.9 Å². The number of carbonyl (C=O) groups is 1. The number of carbonyl (C=O) groups excluding carboxylic acids is 1. The number of hydrogen-bond donors (Lipinski definition) is 0. The summed E-state index contributed by atoms with van der Waals surface area (Å²) in [5.41, 5.74) is 2.17. The Bertz CT molecular complexity index is 938. The van der Waals surface area contributed by atoms with Crippen LogP contribution >= 0.6 is 0 Å². The molecule has 0 bridgehead atoms. The number of unbranched alkanes of at least 4 members (excludes halogenated alkanes) is 2. The average Bonchev–Trinajstić information content (AvgIpc) is 2.85. The lowest BCUT2D eigenvalue weighted by atomic mass is 9.67. The Balaban J connectivity index is 2.10. The molecule has 1 atom stereocenters. The van der Waals surface area contributed by atoms with E-state index in [0.29, 0.717) is 12.8 Å². The summed E-state index contributed by atoms with van der Waals surface area (Å²) in [6, 6.07) is 32.5. The summed E-state index contributed by atoms with van der Waals surface area (Å²) in [5, 5.41) is 8.93. The summed E-state index contributed by atoms with van der Waals surface area (Å²) in [6.07, 6.45) is 3.87. The van der Waals surface area contributed by atoms with Gasteiger partial charge in [-0.2, -0.15) is 5.26 Å². The van der Waals surface area contributed by atoms with Gasteiger partial charge in [0.05, 0.1) is 13.2 Å². The van der Waals surface area contributed by atoms with E-state index in [9.17, 15) is 4.79 Å². The van der Waals surface area contributed by atoms with Gasteiger partial charge in [0.15, 0.2) is 0 Å². The van der Waals surface area contributed by atoms with Gasteiger partial charge in [-0.05, 0) is 41.9 Å². The normalized spacial score (nSPS) is 12.0.